The van der Waals surface area contributed by atoms with E-state index in [-0.39, 0.29) is 6.04 Å². The summed E-state index contributed by atoms with van der Waals surface area (Å²) in [5.41, 5.74) is 4.39. The summed E-state index contributed by atoms with van der Waals surface area (Å²) in [4.78, 5) is 0. The number of hydrogen-bond donors (Lipinski definition) is 2. The lowest BCUT2D eigenvalue weighted by molar-refractivity contribution is 0.542. The van der Waals surface area contributed by atoms with Crippen molar-refractivity contribution in [2.24, 2.45) is 5.84 Å². The van der Waals surface area contributed by atoms with Gasteiger partial charge < -0.3 is 0 Å². The number of hydrogen-bond acceptors (Lipinski definition) is 3. The lowest BCUT2D eigenvalue weighted by Gasteiger charge is -2.20. The van der Waals surface area contributed by atoms with Crippen LogP contribution in [0.5, 0.6) is 0 Å². The average Bonchev–Trinajstić information content (AvgIpc) is 2.75. The number of nitrogens with two attached hydrogens (primary N) is 1. The molecule has 0 radical (unpaired) electrons. The van der Waals surface area contributed by atoms with Crippen molar-refractivity contribution in [2.75, 3.05) is 0 Å². The highest BCUT2D eigenvalue weighted by Gasteiger charge is 2.24. The van der Waals surface area contributed by atoms with Gasteiger partial charge in [-0.05, 0) is 35.0 Å². The maximum absolute atomic E-state index is 6.24. The molecule has 0 aliphatic rings. The first-order valence-electron chi connectivity index (χ1n) is 5.71. The van der Waals surface area contributed by atoms with E-state index in [1.807, 2.05) is 11.6 Å². The van der Waals surface area contributed by atoms with Crippen LogP contribution in [0.15, 0.2) is 28.9 Å². The molecule has 102 valence electrons. The van der Waals surface area contributed by atoms with Crippen molar-refractivity contribution in [3.8, 4) is 0 Å². The van der Waals surface area contributed by atoms with Gasteiger partial charge in [0, 0.05) is 22.2 Å². The Kier molecular flexibility index (Phi) is 4.86. The molecule has 2 aromatic rings. The Morgan fingerprint density at radius 3 is 2.58 bits per heavy atom. The van der Waals surface area contributed by atoms with Gasteiger partial charge in [-0.2, -0.15) is 5.10 Å². The van der Waals surface area contributed by atoms with Crippen LogP contribution in [0.1, 0.15) is 24.2 Å². The number of halogens is 3. The number of aromatic nitrogens is 2. The van der Waals surface area contributed by atoms with Crippen LogP contribution in [0, 0.1) is 0 Å². The largest absolute Gasteiger partial charge is 0.271 e. The van der Waals surface area contributed by atoms with E-state index in [1.54, 1.807) is 24.4 Å². The molecule has 4 nitrogen and oxygen atoms in total. The molecule has 1 aromatic heterocycles. The summed E-state index contributed by atoms with van der Waals surface area (Å²) in [5.74, 6) is 5.70. The number of aryl methyl sites for hydroxylation is 1. The first-order chi connectivity index (χ1) is 9.10. The van der Waals surface area contributed by atoms with E-state index in [2.05, 4.69) is 26.5 Å². The summed E-state index contributed by atoms with van der Waals surface area (Å²) in [5, 5.41) is 5.40. The van der Waals surface area contributed by atoms with Gasteiger partial charge in [-0.3, -0.25) is 10.5 Å². The predicted octanol–water partition coefficient (Wildman–Crippen LogP) is 3.53. The van der Waals surface area contributed by atoms with E-state index in [9.17, 15) is 0 Å². The highest BCUT2D eigenvalue weighted by Crippen LogP contribution is 2.36. The molecule has 2 rings (SSSR count). The van der Waals surface area contributed by atoms with Gasteiger partial charge in [0.25, 0.3) is 0 Å². The minimum Gasteiger partial charge on any atom is -0.271 e. The Morgan fingerprint density at radius 2 is 2.05 bits per heavy atom. The molecule has 0 aliphatic heterocycles. The molecule has 1 unspecified atom stereocenters. The molecule has 0 aliphatic carbocycles. The van der Waals surface area contributed by atoms with E-state index < -0.39 is 0 Å². The number of rotatable bonds is 4. The van der Waals surface area contributed by atoms with Crippen LogP contribution in [0.3, 0.4) is 0 Å². The number of benzene rings is 1. The van der Waals surface area contributed by atoms with E-state index in [1.165, 1.54) is 0 Å². The molecule has 1 atom stereocenters. The minimum atomic E-state index is -0.335. The van der Waals surface area contributed by atoms with Crippen LogP contribution in [0.25, 0.3) is 0 Å². The third-order valence-electron chi connectivity index (χ3n) is 2.86. The van der Waals surface area contributed by atoms with Gasteiger partial charge in [0.05, 0.1) is 22.4 Å². The maximum atomic E-state index is 6.24. The van der Waals surface area contributed by atoms with Crippen LogP contribution in [-0.4, -0.2) is 9.78 Å². The van der Waals surface area contributed by atoms with Crippen molar-refractivity contribution in [1.29, 1.82) is 0 Å². The summed E-state index contributed by atoms with van der Waals surface area (Å²) in [7, 11) is 0. The van der Waals surface area contributed by atoms with Crippen molar-refractivity contribution in [1.82, 2.24) is 15.2 Å². The van der Waals surface area contributed by atoms with Crippen LogP contribution in [-0.2, 0) is 6.54 Å². The quantitative estimate of drug-likeness (QED) is 0.645. The molecule has 1 aromatic carbocycles. The average molecular weight is 364 g/mol. The zero-order valence-corrected chi connectivity index (χ0v) is 13.3. The summed E-state index contributed by atoms with van der Waals surface area (Å²) < 4.78 is 2.70. The summed E-state index contributed by atoms with van der Waals surface area (Å²) in [6.45, 7) is 2.73. The van der Waals surface area contributed by atoms with E-state index in [0.717, 1.165) is 22.3 Å². The second-order valence-corrected chi connectivity index (χ2v) is 5.60. The Labute approximate surface area is 130 Å². The SMILES string of the molecule is CCn1ncc(Br)c1C(NN)c1c(Cl)cccc1Cl. The summed E-state index contributed by atoms with van der Waals surface area (Å²) in [6.07, 6.45) is 1.73. The fraction of sp³-hybridized carbons (Fsp3) is 0.250. The second-order valence-electron chi connectivity index (χ2n) is 3.93. The van der Waals surface area contributed by atoms with E-state index in [4.69, 9.17) is 29.0 Å². The molecule has 0 amide bonds. The molecular weight excluding hydrogens is 351 g/mol. The molecule has 3 N–H and O–H groups in total. The molecule has 0 fully saturated rings. The van der Waals surface area contributed by atoms with Crippen molar-refractivity contribution >= 4 is 39.1 Å². The molecule has 1 heterocycles. The Balaban J connectivity index is 2.59. The zero-order valence-electron chi connectivity index (χ0n) is 10.2. The van der Waals surface area contributed by atoms with Gasteiger partial charge in [-0.15, -0.1) is 0 Å². The van der Waals surface area contributed by atoms with E-state index >= 15 is 0 Å². The topological polar surface area (TPSA) is 55.9 Å². The number of nitrogens with zero attached hydrogens (tertiary/aromatic N) is 2. The Bertz CT molecular complexity index is 565. The van der Waals surface area contributed by atoms with Gasteiger partial charge >= 0.3 is 0 Å². The zero-order chi connectivity index (χ0) is 14.0. The summed E-state index contributed by atoms with van der Waals surface area (Å²) >= 11 is 16.0. The highest BCUT2D eigenvalue weighted by molar-refractivity contribution is 9.10. The third kappa shape index (κ3) is 2.80. The molecule has 19 heavy (non-hydrogen) atoms. The van der Waals surface area contributed by atoms with Crippen molar-refractivity contribution < 1.29 is 0 Å². The first-order valence-corrected chi connectivity index (χ1v) is 7.26. The molecule has 0 spiro atoms. The molecule has 0 bridgehead atoms. The van der Waals surface area contributed by atoms with Crippen LogP contribution >= 0.6 is 39.1 Å². The summed E-state index contributed by atoms with van der Waals surface area (Å²) in [6, 6.07) is 5.04. The predicted molar refractivity (Wildman–Crippen MR) is 81.2 cm³/mol. The molecular formula is C12H13BrCl2N4. The number of nitrogens with one attached hydrogen (secondary N) is 1. The monoisotopic (exact) mass is 362 g/mol. The van der Waals surface area contributed by atoms with E-state index in [0.29, 0.717) is 10.0 Å². The molecule has 0 saturated heterocycles. The van der Waals surface area contributed by atoms with Crippen molar-refractivity contribution in [3.63, 3.8) is 0 Å². The lowest BCUT2D eigenvalue weighted by atomic mass is 10.0. The third-order valence-corrected chi connectivity index (χ3v) is 4.13. The molecule has 0 saturated carbocycles. The second kappa shape index (κ2) is 6.24. The standard InChI is InChI=1S/C12H13BrCl2N4/c1-2-19-12(7(13)6-17-19)11(18-16)10-8(14)4-3-5-9(10)15/h3-6,11,18H,2,16H2,1H3. The minimum absolute atomic E-state index is 0.335. The van der Waals surface area contributed by atoms with Gasteiger partial charge in [-0.1, -0.05) is 29.3 Å². The van der Waals surface area contributed by atoms with Gasteiger partial charge in [0.1, 0.15) is 0 Å². The normalized spacial score (nSPS) is 12.7. The van der Waals surface area contributed by atoms with Gasteiger partial charge in [0.2, 0.25) is 0 Å². The van der Waals surface area contributed by atoms with Crippen LogP contribution in [0.4, 0.5) is 0 Å². The highest BCUT2D eigenvalue weighted by atomic mass is 79.9. The first kappa shape index (κ1) is 14.8. The Morgan fingerprint density at radius 1 is 1.42 bits per heavy atom. The molecule has 7 heteroatoms. The fourth-order valence-corrected chi connectivity index (χ4v) is 3.14. The fourth-order valence-electron chi connectivity index (χ4n) is 2.00. The maximum Gasteiger partial charge on any atom is 0.0918 e. The smallest absolute Gasteiger partial charge is 0.0918 e. The van der Waals surface area contributed by atoms with Crippen molar-refractivity contribution in [2.45, 2.75) is 19.5 Å². The van der Waals surface area contributed by atoms with Gasteiger partial charge in [-0.25, -0.2) is 5.43 Å². The lowest BCUT2D eigenvalue weighted by Crippen LogP contribution is -2.31. The van der Waals surface area contributed by atoms with Crippen LogP contribution in [0.2, 0.25) is 10.0 Å². The number of hydrazine groups is 1. The van der Waals surface area contributed by atoms with Crippen LogP contribution < -0.4 is 11.3 Å². The van der Waals surface area contributed by atoms with Gasteiger partial charge in [0.15, 0.2) is 0 Å². The van der Waals surface area contributed by atoms with Crippen molar-refractivity contribution in [3.05, 3.63) is 50.2 Å². The Hall–Kier alpha value is -0.590.